The largest absolute Gasteiger partial charge is 0.337 e. The highest BCUT2D eigenvalue weighted by Gasteiger charge is 2.45. The topological polar surface area (TPSA) is 24.8 Å². The number of piperidine rings is 1. The molecule has 1 aromatic carbocycles. The van der Waals surface area contributed by atoms with Crippen LogP contribution in [-0.2, 0) is 4.79 Å². The number of aryl methyl sites for hydroxylation is 1. The Hall–Kier alpha value is -1.35. The number of hydrogen-bond acceptors (Lipinski definition) is 1. The average molecular weight is 358 g/mol. The van der Waals surface area contributed by atoms with Gasteiger partial charge in [0, 0.05) is 18.5 Å². The molecule has 1 fully saturated rings. The molecule has 1 N–H and O–H groups in total. The highest BCUT2D eigenvalue weighted by atomic mass is 16.2. The number of likely N-dealkylation sites (N-methyl/N-ethyl adjacent to an activating group) is 1. The van der Waals surface area contributed by atoms with E-state index in [4.69, 9.17) is 0 Å². The summed E-state index contributed by atoms with van der Waals surface area (Å²) >= 11 is 0. The predicted molar refractivity (Wildman–Crippen MR) is 109 cm³/mol. The Morgan fingerprint density at radius 2 is 1.88 bits per heavy atom. The Labute approximate surface area is 159 Å². The quantitative estimate of drug-likeness (QED) is 0.702. The van der Waals surface area contributed by atoms with Crippen LogP contribution in [0.25, 0.3) is 0 Å². The number of unbranched alkanes of at least 4 members (excludes halogenated alkanes) is 6. The first-order chi connectivity index (χ1) is 12.6. The van der Waals surface area contributed by atoms with Crippen LogP contribution in [0.3, 0.4) is 0 Å². The van der Waals surface area contributed by atoms with Gasteiger partial charge in [-0.25, -0.2) is 0 Å². The fraction of sp³-hybridized carbons (Fsp3) is 0.696. The van der Waals surface area contributed by atoms with Gasteiger partial charge in [-0.3, -0.25) is 4.79 Å². The first-order valence-corrected chi connectivity index (χ1v) is 10.9. The van der Waals surface area contributed by atoms with Gasteiger partial charge in [0.2, 0.25) is 5.91 Å². The molecule has 3 heteroatoms. The van der Waals surface area contributed by atoms with Gasteiger partial charge in [0.25, 0.3) is 0 Å². The van der Waals surface area contributed by atoms with Crippen molar-refractivity contribution >= 4 is 11.6 Å². The molecular weight excluding hydrogens is 320 g/mol. The van der Waals surface area contributed by atoms with Crippen molar-refractivity contribution in [1.29, 1.82) is 0 Å². The second kappa shape index (κ2) is 9.03. The van der Waals surface area contributed by atoms with Gasteiger partial charge in [0.05, 0.1) is 32.1 Å². The summed E-state index contributed by atoms with van der Waals surface area (Å²) in [5.41, 5.74) is 3.93. The SMILES string of the molecule is CCCCCCCCCC(=O)N1c2ccc(C)cc2[C@H]2C[NH+](C)CC[C@H]21. The lowest BCUT2D eigenvalue weighted by Gasteiger charge is -2.34. The molecule has 26 heavy (non-hydrogen) atoms. The summed E-state index contributed by atoms with van der Waals surface area (Å²) in [5, 5.41) is 0. The van der Waals surface area contributed by atoms with Crippen molar-refractivity contribution < 1.29 is 9.69 Å². The summed E-state index contributed by atoms with van der Waals surface area (Å²) in [6.07, 6.45) is 10.7. The summed E-state index contributed by atoms with van der Waals surface area (Å²) in [5.74, 6) is 0.882. The number of likely N-dealkylation sites (tertiary alicyclic amines) is 1. The van der Waals surface area contributed by atoms with Crippen LogP contribution >= 0.6 is 0 Å². The zero-order valence-corrected chi connectivity index (χ0v) is 17.0. The maximum Gasteiger partial charge on any atom is 0.227 e. The number of fused-ring (bicyclic) bond motifs is 3. The van der Waals surface area contributed by atoms with Gasteiger partial charge in [0.1, 0.15) is 0 Å². The highest BCUT2D eigenvalue weighted by Crippen LogP contribution is 2.43. The minimum absolute atomic E-state index is 0.357. The molecule has 3 nitrogen and oxygen atoms in total. The van der Waals surface area contributed by atoms with E-state index in [1.54, 1.807) is 4.90 Å². The Bertz CT molecular complexity index is 612. The van der Waals surface area contributed by atoms with Crippen LogP contribution in [0.15, 0.2) is 18.2 Å². The highest BCUT2D eigenvalue weighted by molar-refractivity contribution is 5.96. The van der Waals surface area contributed by atoms with E-state index in [1.165, 1.54) is 61.9 Å². The van der Waals surface area contributed by atoms with Gasteiger partial charge in [0.15, 0.2) is 0 Å². The van der Waals surface area contributed by atoms with Gasteiger partial charge in [-0.2, -0.15) is 0 Å². The van der Waals surface area contributed by atoms with Gasteiger partial charge in [-0.05, 0) is 25.0 Å². The monoisotopic (exact) mass is 357 g/mol. The molecule has 1 saturated heterocycles. The normalized spacial score (nSPS) is 24.4. The standard InChI is InChI=1S/C23H36N2O/c1-4-5-6-7-8-9-10-11-23(26)25-21-13-12-18(2)16-19(21)20-17-24(3)15-14-22(20)25/h12-13,16,20,22H,4-11,14-15,17H2,1-3H3/p+1/t20-,22-/m1/s1. The van der Waals surface area contributed by atoms with Crippen LogP contribution in [0.5, 0.6) is 0 Å². The van der Waals surface area contributed by atoms with Crippen molar-refractivity contribution in [2.45, 2.75) is 83.6 Å². The Balaban J connectivity index is 1.60. The number of anilines is 1. The third-order valence-corrected chi connectivity index (χ3v) is 6.34. The molecule has 2 aliphatic rings. The lowest BCUT2D eigenvalue weighted by molar-refractivity contribution is -0.886. The predicted octanol–water partition coefficient (Wildman–Crippen LogP) is 3.85. The first kappa shape index (κ1) is 19.4. The molecule has 0 radical (unpaired) electrons. The molecule has 2 heterocycles. The van der Waals surface area contributed by atoms with E-state index >= 15 is 0 Å². The number of carbonyl (C=O) groups is 1. The molecule has 1 amide bonds. The number of amides is 1. The van der Waals surface area contributed by atoms with Crippen molar-refractivity contribution in [2.75, 3.05) is 25.0 Å². The third-order valence-electron chi connectivity index (χ3n) is 6.34. The van der Waals surface area contributed by atoms with Crippen molar-refractivity contribution in [1.82, 2.24) is 0 Å². The molecule has 144 valence electrons. The first-order valence-electron chi connectivity index (χ1n) is 10.9. The van der Waals surface area contributed by atoms with Crippen LogP contribution in [0, 0.1) is 6.92 Å². The van der Waals surface area contributed by atoms with Crippen molar-refractivity contribution in [3.05, 3.63) is 29.3 Å². The van der Waals surface area contributed by atoms with Crippen LogP contribution in [-0.4, -0.2) is 32.1 Å². The lowest BCUT2D eigenvalue weighted by atomic mass is 9.89. The minimum atomic E-state index is 0.357. The Kier molecular flexibility index (Phi) is 6.74. The molecule has 0 saturated carbocycles. The third kappa shape index (κ3) is 4.31. The van der Waals surface area contributed by atoms with E-state index in [-0.39, 0.29) is 0 Å². The maximum atomic E-state index is 13.1. The number of quaternary nitrogens is 1. The second-order valence-electron chi connectivity index (χ2n) is 8.57. The van der Waals surface area contributed by atoms with Crippen molar-refractivity contribution in [3.63, 3.8) is 0 Å². The second-order valence-corrected chi connectivity index (χ2v) is 8.57. The number of nitrogens with zero attached hydrogens (tertiary/aromatic N) is 1. The van der Waals surface area contributed by atoms with E-state index in [9.17, 15) is 4.79 Å². The molecule has 1 unspecified atom stereocenters. The summed E-state index contributed by atoms with van der Waals surface area (Å²) < 4.78 is 0. The van der Waals surface area contributed by atoms with E-state index in [0.717, 1.165) is 19.4 Å². The van der Waals surface area contributed by atoms with Gasteiger partial charge >= 0.3 is 0 Å². The molecule has 2 aliphatic heterocycles. The average Bonchev–Trinajstić information content (AvgIpc) is 2.94. The molecule has 0 bridgehead atoms. The van der Waals surface area contributed by atoms with E-state index in [0.29, 0.717) is 24.3 Å². The summed E-state index contributed by atoms with van der Waals surface area (Å²) in [4.78, 5) is 16.9. The molecule has 0 spiro atoms. The smallest absolute Gasteiger partial charge is 0.227 e. The number of rotatable bonds is 8. The zero-order chi connectivity index (χ0) is 18.5. The van der Waals surface area contributed by atoms with Gasteiger partial charge in [-0.1, -0.05) is 63.1 Å². The Morgan fingerprint density at radius 3 is 2.65 bits per heavy atom. The molecule has 0 aliphatic carbocycles. The number of nitrogens with one attached hydrogen (secondary N) is 1. The molecular formula is C23H37N2O+. The van der Waals surface area contributed by atoms with Crippen LogP contribution in [0.2, 0.25) is 0 Å². The summed E-state index contributed by atoms with van der Waals surface area (Å²) in [7, 11) is 2.29. The molecule has 3 rings (SSSR count). The van der Waals surface area contributed by atoms with Crippen molar-refractivity contribution in [2.24, 2.45) is 0 Å². The number of carbonyl (C=O) groups excluding carboxylic acids is 1. The molecule has 0 aromatic heterocycles. The Morgan fingerprint density at radius 1 is 1.15 bits per heavy atom. The lowest BCUT2D eigenvalue weighted by Crippen LogP contribution is -3.11. The fourth-order valence-electron chi connectivity index (χ4n) is 4.88. The van der Waals surface area contributed by atoms with E-state index in [1.807, 2.05) is 0 Å². The summed E-state index contributed by atoms with van der Waals surface area (Å²) in [6, 6.07) is 7.08. The fourth-order valence-corrected chi connectivity index (χ4v) is 4.88. The van der Waals surface area contributed by atoms with Crippen molar-refractivity contribution in [3.8, 4) is 0 Å². The zero-order valence-electron chi connectivity index (χ0n) is 17.0. The van der Waals surface area contributed by atoms with E-state index < -0.39 is 0 Å². The maximum absolute atomic E-state index is 13.1. The van der Waals surface area contributed by atoms with Gasteiger partial charge < -0.3 is 9.80 Å². The number of benzene rings is 1. The van der Waals surface area contributed by atoms with Crippen LogP contribution < -0.4 is 9.80 Å². The van der Waals surface area contributed by atoms with Gasteiger partial charge in [-0.15, -0.1) is 0 Å². The number of hydrogen-bond donors (Lipinski definition) is 1. The summed E-state index contributed by atoms with van der Waals surface area (Å²) in [6.45, 7) is 6.75. The molecule has 3 atom stereocenters. The van der Waals surface area contributed by atoms with E-state index in [2.05, 4.69) is 44.0 Å². The van der Waals surface area contributed by atoms with Crippen LogP contribution in [0.1, 0.15) is 81.8 Å². The minimum Gasteiger partial charge on any atom is -0.337 e. The molecule has 1 aromatic rings. The van der Waals surface area contributed by atoms with Crippen LogP contribution in [0.4, 0.5) is 5.69 Å².